The Morgan fingerprint density at radius 3 is 2.76 bits per heavy atom. The molecule has 3 aromatic rings. The molecule has 0 bridgehead atoms. The minimum absolute atomic E-state index is 0.0727. The molecule has 2 heterocycles. The highest BCUT2D eigenvalue weighted by atomic mass is 16.5. The quantitative estimate of drug-likeness (QED) is 0.796. The van der Waals surface area contributed by atoms with Gasteiger partial charge < -0.3 is 14.6 Å². The van der Waals surface area contributed by atoms with Crippen LogP contribution < -0.4 is 4.74 Å². The minimum Gasteiger partial charge on any atom is -0.497 e. The maximum atomic E-state index is 12.8. The molecule has 5 heteroatoms. The van der Waals surface area contributed by atoms with Crippen LogP contribution in [0.1, 0.15) is 34.9 Å². The molecule has 0 aliphatic carbocycles. The predicted molar refractivity (Wildman–Crippen MR) is 97.0 cm³/mol. The Morgan fingerprint density at radius 2 is 2.00 bits per heavy atom. The van der Waals surface area contributed by atoms with Crippen LogP contribution >= 0.6 is 0 Å². The Morgan fingerprint density at radius 1 is 1.20 bits per heavy atom. The highest BCUT2D eigenvalue weighted by Gasteiger charge is 2.27. The molecule has 1 N–H and O–H groups in total. The van der Waals surface area contributed by atoms with Crippen LogP contribution in [-0.4, -0.2) is 41.0 Å². The van der Waals surface area contributed by atoms with Gasteiger partial charge in [0, 0.05) is 24.6 Å². The number of carbonyl (C=O) groups excluding carboxylic acids is 1. The van der Waals surface area contributed by atoms with Crippen molar-refractivity contribution in [3.8, 4) is 5.75 Å². The average Bonchev–Trinajstić information content (AvgIpc) is 3.12. The average molecular weight is 335 g/mol. The Kier molecular flexibility index (Phi) is 4.14. The third-order valence-corrected chi connectivity index (χ3v) is 4.84. The van der Waals surface area contributed by atoms with Crippen molar-refractivity contribution in [2.45, 2.75) is 18.8 Å². The number of benzene rings is 2. The summed E-state index contributed by atoms with van der Waals surface area (Å²) < 4.78 is 5.16. The van der Waals surface area contributed by atoms with Crippen LogP contribution in [0.25, 0.3) is 11.0 Å². The molecule has 1 atom stereocenters. The number of hydrogen-bond acceptors (Lipinski definition) is 3. The van der Waals surface area contributed by atoms with Crippen molar-refractivity contribution in [2.75, 3.05) is 20.2 Å². The second kappa shape index (κ2) is 6.59. The summed E-state index contributed by atoms with van der Waals surface area (Å²) in [7, 11) is 1.62. The van der Waals surface area contributed by atoms with Crippen LogP contribution in [0.5, 0.6) is 5.75 Å². The first-order valence-electron chi connectivity index (χ1n) is 8.62. The van der Waals surface area contributed by atoms with E-state index < -0.39 is 0 Å². The summed E-state index contributed by atoms with van der Waals surface area (Å²) in [5.41, 5.74) is 2.73. The smallest absolute Gasteiger partial charge is 0.253 e. The molecule has 5 nitrogen and oxygen atoms in total. The molecular formula is C20H21N3O2. The Bertz CT molecular complexity index is 852. The predicted octanol–water partition coefficient (Wildman–Crippen LogP) is 3.59. The molecule has 0 radical (unpaired) electrons. The number of likely N-dealkylation sites (tertiary alicyclic amines) is 1. The highest BCUT2D eigenvalue weighted by Crippen LogP contribution is 2.27. The van der Waals surface area contributed by atoms with E-state index in [1.807, 2.05) is 53.4 Å². The lowest BCUT2D eigenvalue weighted by Crippen LogP contribution is -2.39. The zero-order valence-electron chi connectivity index (χ0n) is 14.2. The van der Waals surface area contributed by atoms with Gasteiger partial charge in [0.25, 0.3) is 5.91 Å². The second-order valence-corrected chi connectivity index (χ2v) is 6.46. The van der Waals surface area contributed by atoms with Gasteiger partial charge >= 0.3 is 0 Å². The van der Waals surface area contributed by atoms with Gasteiger partial charge in [-0.25, -0.2) is 4.98 Å². The minimum atomic E-state index is 0.0727. The van der Waals surface area contributed by atoms with Crippen LogP contribution in [0.15, 0.2) is 48.5 Å². The molecule has 0 unspecified atom stereocenters. The Labute approximate surface area is 146 Å². The normalized spacial score (nSPS) is 17.6. The third kappa shape index (κ3) is 3.09. The number of rotatable bonds is 3. The molecule has 1 aliphatic rings. The van der Waals surface area contributed by atoms with Crippen LogP contribution in [0.2, 0.25) is 0 Å². The number of ether oxygens (including phenoxy) is 1. The third-order valence-electron chi connectivity index (χ3n) is 4.84. The van der Waals surface area contributed by atoms with Gasteiger partial charge in [-0.3, -0.25) is 4.79 Å². The van der Waals surface area contributed by atoms with Gasteiger partial charge in [-0.15, -0.1) is 0 Å². The van der Waals surface area contributed by atoms with Crippen LogP contribution in [-0.2, 0) is 0 Å². The van der Waals surface area contributed by atoms with Gasteiger partial charge in [-0.1, -0.05) is 12.1 Å². The van der Waals surface area contributed by atoms with E-state index in [1.54, 1.807) is 7.11 Å². The topological polar surface area (TPSA) is 58.2 Å². The standard InChI is InChI=1S/C20H21N3O2/c1-25-16-10-8-14(9-11-16)20(24)23-12-4-5-15(13-23)19-21-17-6-2-3-7-18(17)22-19/h2-3,6-11,15H,4-5,12-13H2,1H3,(H,21,22)/t15-/m0/s1. The molecule has 25 heavy (non-hydrogen) atoms. The number of aromatic nitrogens is 2. The summed E-state index contributed by atoms with van der Waals surface area (Å²) in [5, 5.41) is 0. The van der Waals surface area contributed by atoms with Crippen molar-refractivity contribution >= 4 is 16.9 Å². The summed E-state index contributed by atoms with van der Waals surface area (Å²) in [5.74, 6) is 2.07. The first-order valence-corrected chi connectivity index (χ1v) is 8.62. The van der Waals surface area contributed by atoms with E-state index in [1.165, 1.54) is 0 Å². The van der Waals surface area contributed by atoms with Crippen molar-refractivity contribution in [3.05, 3.63) is 59.9 Å². The number of aromatic amines is 1. The zero-order valence-corrected chi connectivity index (χ0v) is 14.2. The van der Waals surface area contributed by atoms with E-state index in [2.05, 4.69) is 4.98 Å². The summed E-state index contributed by atoms with van der Waals surface area (Å²) >= 11 is 0. The number of imidazole rings is 1. The van der Waals surface area contributed by atoms with Gasteiger partial charge in [0.05, 0.1) is 18.1 Å². The van der Waals surface area contributed by atoms with E-state index in [-0.39, 0.29) is 11.8 Å². The summed E-state index contributed by atoms with van der Waals surface area (Å²) in [4.78, 5) is 22.9. The molecule has 0 spiro atoms. The molecule has 1 saturated heterocycles. The van der Waals surface area contributed by atoms with Crippen molar-refractivity contribution in [1.29, 1.82) is 0 Å². The van der Waals surface area contributed by atoms with Gasteiger partial charge in [0.15, 0.2) is 0 Å². The molecule has 0 saturated carbocycles. The van der Waals surface area contributed by atoms with E-state index in [9.17, 15) is 4.79 Å². The number of methoxy groups -OCH3 is 1. The highest BCUT2D eigenvalue weighted by molar-refractivity contribution is 5.94. The fraction of sp³-hybridized carbons (Fsp3) is 0.300. The van der Waals surface area contributed by atoms with Gasteiger partial charge in [-0.05, 0) is 49.2 Å². The van der Waals surface area contributed by atoms with Gasteiger partial charge in [0.2, 0.25) is 0 Å². The molecule has 1 amide bonds. The summed E-state index contributed by atoms with van der Waals surface area (Å²) in [6.07, 6.45) is 2.04. The van der Waals surface area contributed by atoms with E-state index in [0.717, 1.165) is 42.0 Å². The second-order valence-electron chi connectivity index (χ2n) is 6.46. The van der Waals surface area contributed by atoms with Gasteiger partial charge in [-0.2, -0.15) is 0 Å². The number of nitrogens with one attached hydrogen (secondary N) is 1. The summed E-state index contributed by atoms with van der Waals surface area (Å²) in [6, 6.07) is 15.4. The molecule has 2 aromatic carbocycles. The number of para-hydroxylation sites is 2. The van der Waals surface area contributed by atoms with Crippen molar-refractivity contribution in [2.24, 2.45) is 0 Å². The fourth-order valence-corrected chi connectivity index (χ4v) is 3.47. The van der Waals surface area contributed by atoms with Gasteiger partial charge in [0.1, 0.15) is 11.6 Å². The first-order chi connectivity index (χ1) is 12.2. The van der Waals surface area contributed by atoms with Crippen molar-refractivity contribution in [1.82, 2.24) is 14.9 Å². The number of nitrogens with zero attached hydrogens (tertiary/aromatic N) is 2. The molecule has 1 fully saturated rings. The van der Waals surface area contributed by atoms with E-state index >= 15 is 0 Å². The number of fused-ring (bicyclic) bond motifs is 1. The van der Waals surface area contributed by atoms with Crippen LogP contribution in [0.4, 0.5) is 0 Å². The monoisotopic (exact) mass is 335 g/mol. The molecule has 128 valence electrons. The largest absolute Gasteiger partial charge is 0.497 e. The van der Waals surface area contributed by atoms with E-state index in [4.69, 9.17) is 9.72 Å². The molecule has 4 rings (SSSR count). The maximum Gasteiger partial charge on any atom is 0.253 e. The Hall–Kier alpha value is -2.82. The molecule has 1 aliphatic heterocycles. The first kappa shape index (κ1) is 15.7. The number of hydrogen-bond donors (Lipinski definition) is 1. The number of piperidine rings is 1. The zero-order chi connectivity index (χ0) is 17.2. The number of H-pyrrole nitrogens is 1. The van der Waals surface area contributed by atoms with Crippen molar-refractivity contribution in [3.63, 3.8) is 0 Å². The summed E-state index contributed by atoms with van der Waals surface area (Å²) in [6.45, 7) is 1.49. The van der Waals surface area contributed by atoms with Crippen molar-refractivity contribution < 1.29 is 9.53 Å². The lowest BCUT2D eigenvalue weighted by Gasteiger charge is -2.32. The van der Waals surface area contributed by atoms with Crippen LogP contribution in [0.3, 0.4) is 0 Å². The van der Waals surface area contributed by atoms with Crippen LogP contribution in [0, 0.1) is 0 Å². The lowest BCUT2D eigenvalue weighted by molar-refractivity contribution is 0.0705. The molecular weight excluding hydrogens is 314 g/mol. The Balaban J connectivity index is 1.52. The lowest BCUT2D eigenvalue weighted by atomic mass is 9.96. The molecule has 1 aromatic heterocycles. The van der Waals surface area contributed by atoms with E-state index in [0.29, 0.717) is 12.1 Å². The number of carbonyl (C=O) groups is 1. The maximum absolute atomic E-state index is 12.8. The SMILES string of the molecule is COc1ccc(C(=O)N2CCC[C@H](c3nc4ccccc4[nH]3)C2)cc1. The number of amides is 1. The fourth-order valence-electron chi connectivity index (χ4n) is 3.47.